The number of allylic oxidation sites excluding steroid dienone is 2. The number of terminal acetylenes is 1. The minimum Gasteiger partial charge on any atom is -0.347 e. The Balaban J connectivity index is 1.78. The minimum absolute atomic E-state index is 0.0234. The second-order valence-electron chi connectivity index (χ2n) is 8.92. The average molecular weight is 314 g/mol. The monoisotopic (exact) mass is 314 g/mol. The van der Waals surface area contributed by atoms with Gasteiger partial charge in [-0.25, -0.2) is 0 Å². The summed E-state index contributed by atoms with van der Waals surface area (Å²) < 4.78 is 12.4. The van der Waals surface area contributed by atoms with Crippen LogP contribution in [0, 0.1) is 34.5 Å². The maximum Gasteiger partial charge on any atom is 0.173 e. The topological polar surface area (TPSA) is 18.5 Å². The zero-order valence-corrected chi connectivity index (χ0v) is 14.9. The van der Waals surface area contributed by atoms with Gasteiger partial charge in [-0.15, -0.1) is 6.42 Å². The highest BCUT2D eigenvalue weighted by Gasteiger charge is 2.65. The van der Waals surface area contributed by atoms with Crippen LogP contribution in [-0.2, 0) is 9.47 Å². The van der Waals surface area contributed by atoms with E-state index < -0.39 is 0 Å². The molecule has 2 heteroatoms. The Morgan fingerprint density at radius 1 is 1.09 bits per heavy atom. The zero-order chi connectivity index (χ0) is 16.3. The summed E-state index contributed by atoms with van der Waals surface area (Å²) >= 11 is 0. The van der Waals surface area contributed by atoms with E-state index in [0.29, 0.717) is 5.92 Å². The van der Waals surface area contributed by atoms with Crippen molar-refractivity contribution in [2.75, 3.05) is 13.2 Å². The molecule has 0 aromatic rings. The Morgan fingerprint density at radius 3 is 2.52 bits per heavy atom. The molecule has 4 aliphatic rings. The molecule has 4 rings (SSSR count). The molecule has 1 spiro atoms. The van der Waals surface area contributed by atoms with Gasteiger partial charge in [-0.2, -0.15) is 0 Å². The van der Waals surface area contributed by atoms with E-state index in [2.05, 4.69) is 32.8 Å². The summed E-state index contributed by atoms with van der Waals surface area (Å²) in [6.07, 6.45) is 16.6. The lowest BCUT2D eigenvalue weighted by Crippen LogP contribution is -2.61. The fourth-order valence-corrected chi connectivity index (χ4v) is 6.59. The Morgan fingerprint density at radius 2 is 1.83 bits per heavy atom. The van der Waals surface area contributed by atoms with Gasteiger partial charge in [-0.05, 0) is 55.4 Å². The van der Waals surface area contributed by atoms with Gasteiger partial charge in [0.2, 0.25) is 0 Å². The lowest BCUT2D eigenvalue weighted by Gasteiger charge is -2.64. The van der Waals surface area contributed by atoms with Gasteiger partial charge in [0.25, 0.3) is 0 Å². The largest absolute Gasteiger partial charge is 0.347 e. The van der Waals surface area contributed by atoms with Crippen LogP contribution in [0.3, 0.4) is 0 Å². The third-order valence-corrected chi connectivity index (χ3v) is 7.77. The molecule has 2 nitrogen and oxygen atoms in total. The standard InChI is InChI=1S/C21H30O2/c1-5-20-10-7-6-8-17(20)19(4)12-13-21(22-14-15-23-21)18(2,3)16(19)9-11-20/h1,8,16H,6-7,9-15H2,2-4H3/t16?,19?,20-/m1/s1. The van der Waals surface area contributed by atoms with Gasteiger partial charge < -0.3 is 9.47 Å². The van der Waals surface area contributed by atoms with Crippen molar-refractivity contribution in [3.63, 3.8) is 0 Å². The number of hydrogen-bond acceptors (Lipinski definition) is 2. The molecule has 0 radical (unpaired) electrons. The minimum atomic E-state index is -0.372. The van der Waals surface area contributed by atoms with E-state index in [1.54, 1.807) is 5.57 Å². The summed E-state index contributed by atoms with van der Waals surface area (Å²) in [5.41, 5.74) is 1.84. The molecule has 2 saturated carbocycles. The molecule has 126 valence electrons. The van der Waals surface area contributed by atoms with Gasteiger partial charge in [0.1, 0.15) is 0 Å². The van der Waals surface area contributed by atoms with Crippen LogP contribution in [0.15, 0.2) is 11.6 Å². The fraction of sp³-hybridized carbons (Fsp3) is 0.810. The van der Waals surface area contributed by atoms with Gasteiger partial charge in [-0.1, -0.05) is 32.8 Å². The predicted octanol–water partition coefficient (Wildman–Crippen LogP) is 4.70. The molecule has 1 saturated heterocycles. The molecule has 3 fully saturated rings. The second-order valence-corrected chi connectivity index (χ2v) is 8.92. The molecule has 2 unspecified atom stereocenters. The number of fused-ring (bicyclic) bond motifs is 3. The summed E-state index contributed by atoms with van der Waals surface area (Å²) in [7, 11) is 0. The van der Waals surface area contributed by atoms with Crippen molar-refractivity contribution in [2.24, 2.45) is 22.2 Å². The first-order chi connectivity index (χ1) is 10.9. The Labute approximate surface area is 141 Å². The van der Waals surface area contributed by atoms with E-state index in [1.807, 2.05) is 0 Å². The van der Waals surface area contributed by atoms with E-state index in [9.17, 15) is 0 Å². The second kappa shape index (κ2) is 4.87. The third kappa shape index (κ3) is 1.84. The molecular weight excluding hydrogens is 284 g/mol. The third-order valence-electron chi connectivity index (χ3n) is 7.77. The van der Waals surface area contributed by atoms with Crippen molar-refractivity contribution in [2.45, 2.75) is 71.5 Å². The normalized spacial score (nSPS) is 44.1. The highest BCUT2D eigenvalue weighted by molar-refractivity contribution is 5.38. The Kier molecular flexibility index (Phi) is 3.33. The molecule has 1 heterocycles. The molecule has 23 heavy (non-hydrogen) atoms. The fourth-order valence-electron chi connectivity index (χ4n) is 6.59. The predicted molar refractivity (Wildman–Crippen MR) is 91.7 cm³/mol. The molecule has 0 aromatic carbocycles. The van der Waals surface area contributed by atoms with Crippen LogP contribution >= 0.6 is 0 Å². The van der Waals surface area contributed by atoms with Gasteiger partial charge in [0.15, 0.2) is 5.79 Å². The van der Waals surface area contributed by atoms with E-state index in [-0.39, 0.29) is 22.0 Å². The smallest absolute Gasteiger partial charge is 0.173 e. The van der Waals surface area contributed by atoms with Crippen LogP contribution in [0.2, 0.25) is 0 Å². The van der Waals surface area contributed by atoms with Crippen LogP contribution in [0.25, 0.3) is 0 Å². The molecule has 0 N–H and O–H groups in total. The van der Waals surface area contributed by atoms with Crippen LogP contribution in [0.1, 0.15) is 65.7 Å². The highest BCUT2D eigenvalue weighted by Crippen LogP contribution is 2.68. The first-order valence-electron chi connectivity index (χ1n) is 9.37. The van der Waals surface area contributed by atoms with E-state index in [1.165, 1.54) is 25.7 Å². The quantitative estimate of drug-likeness (QED) is 0.477. The van der Waals surface area contributed by atoms with E-state index in [4.69, 9.17) is 15.9 Å². The maximum absolute atomic E-state index is 6.20. The molecule has 0 bridgehead atoms. The van der Waals surface area contributed by atoms with Gasteiger partial charge in [0.05, 0.1) is 18.6 Å². The highest BCUT2D eigenvalue weighted by atomic mass is 16.7. The molecule has 1 aliphatic heterocycles. The van der Waals surface area contributed by atoms with Gasteiger partial charge >= 0.3 is 0 Å². The van der Waals surface area contributed by atoms with Crippen molar-refractivity contribution < 1.29 is 9.47 Å². The van der Waals surface area contributed by atoms with Crippen molar-refractivity contribution in [1.29, 1.82) is 0 Å². The van der Waals surface area contributed by atoms with E-state index >= 15 is 0 Å². The zero-order valence-electron chi connectivity index (χ0n) is 14.9. The van der Waals surface area contributed by atoms with Crippen LogP contribution in [0.4, 0.5) is 0 Å². The lowest BCUT2D eigenvalue weighted by atomic mass is 9.43. The van der Waals surface area contributed by atoms with Crippen molar-refractivity contribution in [3.05, 3.63) is 11.6 Å². The first-order valence-corrected chi connectivity index (χ1v) is 9.37. The number of ether oxygens (including phenoxy) is 2. The van der Waals surface area contributed by atoms with Crippen molar-refractivity contribution in [1.82, 2.24) is 0 Å². The first kappa shape index (κ1) is 15.7. The lowest BCUT2D eigenvalue weighted by molar-refractivity contribution is -0.284. The van der Waals surface area contributed by atoms with E-state index in [0.717, 1.165) is 32.5 Å². The molecule has 3 atom stereocenters. The van der Waals surface area contributed by atoms with Gasteiger partial charge in [0, 0.05) is 11.8 Å². The SMILES string of the molecule is C#C[C@]12CCCC=C1C1(C)CCC3(OCCO3)C(C)(C)C1CC2. The molecule has 0 amide bonds. The van der Waals surface area contributed by atoms with Crippen LogP contribution in [-0.4, -0.2) is 19.0 Å². The summed E-state index contributed by atoms with van der Waals surface area (Å²) in [6.45, 7) is 8.69. The van der Waals surface area contributed by atoms with Crippen LogP contribution < -0.4 is 0 Å². The average Bonchev–Trinajstić information content (AvgIpc) is 3.03. The maximum atomic E-state index is 6.20. The Hall–Kier alpha value is -0.780. The summed E-state index contributed by atoms with van der Waals surface area (Å²) in [5.74, 6) is 3.44. The summed E-state index contributed by atoms with van der Waals surface area (Å²) in [5, 5.41) is 0. The molecule has 0 aromatic heterocycles. The van der Waals surface area contributed by atoms with Crippen molar-refractivity contribution in [3.8, 4) is 12.3 Å². The number of rotatable bonds is 0. The van der Waals surface area contributed by atoms with Crippen LogP contribution in [0.5, 0.6) is 0 Å². The molecular formula is C21H30O2. The molecule has 3 aliphatic carbocycles. The van der Waals surface area contributed by atoms with Gasteiger partial charge in [-0.3, -0.25) is 0 Å². The Bertz CT molecular complexity index is 575. The number of hydrogen-bond donors (Lipinski definition) is 0. The summed E-state index contributed by atoms with van der Waals surface area (Å²) in [4.78, 5) is 0. The summed E-state index contributed by atoms with van der Waals surface area (Å²) in [6, 6.07) is 0. The van der Waals surface area contributed by atoms with Crippen molar-refractivity contribution >= 4 is 0 Å².